The molecule has 2 heterocycles. The molecule has 11 heteroatoms. The van der Waals surface area contributed by atoms with Crippen LogP contribution in [-0.4, -0.2) is 40.5 Å². The highest BCUT2D eigenvalue weighted by Crippen LogP contribution is 2.49. The summed E-state index contributed by atoms with van der Waals surface area (Å²) in [5, 5.41) is 26.5. The Morgan fingerprint density at radius 2 is 1.91 bits per heavy atom. The first-order chi connectivity index (χ1) is 15.2. The molecule has 0 saturated carbocycles. The van der Waals surface area contributed by atoms with E-state index in [-0.39, 0.29) is 12.1 Å². The van der Waals surface area contributed by atoms with Crippen LogP contribution in [0.2, 0.25) is 0 Å². The second-order valence-electron chi connectivity index (χ2n) is 7.74. The van der Waals surface area contributed by atoms with Crippen molar-refractivity contribution in [2.45, 2.75) is 18.0 Å². The van der Waals surface area contributed by atoms with Crippen molar-refractivity contribution < 1.29 is 29.2 Å². The van der Waals surface area contributed by atoms with Crippen LogP contribution in [0, 0.1) is 22.0 Å². The number of methoxy groups -OCH3 is 1. The van der Waals surface area contributed by atoms with Crippen molar-refractivity contribution >= 4 is 39.4 Å². The number of hydrogen-bond acceptors (Lipinski definition) is 7. The second kappa shape index (κ2) is 7.99. The quantitative estimate of drug-likeness (QED) is 0.307. The van der Waals surface area contributed by atoms with Crippen LogP contribution in [-0.2, 0) is 20.8 Å². The van der Waals surface area contributed by atoms with E-state index in [1.54, 1.807) is 18.2 Å². The van der Waals surface area contributed by atoms with Gasteiger partial charge in [0.2, 0.25) is 11.8 Å². The van der Waals surface area contributed by atoms with E-state index < -0.39 is 46.1 Å². The molecular weight excluding hydrogens is 486 g/mol. The summed E-state index contributed by atoms with van der Waals surface area (Å²) in [4.78, 5) is 48.5. The molecule has 3 N–H and O–H groups in total. The van der Waals surface area contributed by atoms with E-state index in [4.69, 9.17) is 4.74 Å². The number of carbonyl (C=O) groups excluding carboxylic acids is 2. The number of hydrogen-bond donors (Lipinski definition) is 3. The number of imide groups is 1. The molecule has 4 rings (SSSR count). The number of nitro groups is 1. The molecule has 2 aromatic carbocycles. The van der Waals surface area contributed by atoms with Gasteiger partial charge in [0.05, 0.1) is 23.9 Å². The first-order valence-corrected chi connectivity index (χ1v) is 10.4. The summed E-state index contributed by atoms with van der Waals surface area (Å²) in [6, 6.07) is 9.76. The van der Waals surface area contributed by atoms with Crippen LogP contribution in [0.5, 0.6) is 5.75 Å². The first kappa shape index (κ1) is 21.9. The zero-order chi connectivity index (χ0) is 23.2. The zero-order valence-corrected chi connectivity index (χ0v) is 18.3. The van der Waals surface area contributed by atoms with Gasteiger partial charge in [0.15, 0.2) is 0 Å². The minimum Gasteiger partial charge on any atom is -0.496 e. The van der Waals surface area contributed by atoms with Gasteiger partial charge in [0.1, 0.15) is 11.3 Å². The topological polar surface area (TPSA) is 148 Å². The number of nitrogens with one attached hydrogen (secondary N) is 2. The van der Waals surface area contributed by atoms with E-state index in [2.05, 4.69) is 26.6 Å². The highest BCUT2D eigenvalue weighted by atomic mass is 79.9. The molecule has 166 valence electrons. The Labute approximate surface area is 190 Å². The van der Waals surface area contributed by atoms with Crippen LogP contribution < -0.4 is 15.4 Å². The number of nitrogens with zero attached hydrogens (tertiary/aromatic N) is 1. The average molecular weight is 504 g/mol. The number of carboxylic acid groups (broad SMARTS) is 1. The molecule has 0 radical (unpaired) electrons. The van der Waals surface area contributed by atoms with Crippen LogP contribution in [0.3, 0.4) is 0 Å². The van der Waals surface area contributed by atoms with Gasteiger partial charge in [-0.15, -0.1) is 0 Å². The van der Waals surface area contributed by atoms with E-state index in [1.807, 2.05) is 0 Å². The Bertz CT molecular complexity index is 1140. The van der Waals surface area contributed by atoms with Gasteiger partial charge in [-0.1, -0.05) is 28.1 Å². The Balaban J connectivity index is 1.81. The Morgan fingerprint density at radius 3 is 2.50 bits per heavy atom. The predicted octanol–water partition coefficient (Wildman–Crippen LogP) is 1.97. The number of amides is 2. The molecule has 4 unspecified atom stereocenters. The van der Waals surface area contributed by atoms with Crippen LogP contribution in [0.1, 0.15) is 17.2 Å². The maximum atomic E-state index is 12.8. The number of carbonyl (C=O) groups is 3. The van der Waals surface area contributed by atoms with Gasteiger partial charge in [-0.2, -0.15) is 0 Å². The smallest absolute Gasteiger partial charge is 0.325 e. The van der Waals surface area contributed by atoms with Crippen molar-refractivity contribution in [1.82, 2.24) is 10.6 Å². The summed E-state index contributed by atoms with van der Waals surface area (Å²) in [5.74, 6) is -4.25. The van der Waals surface area contributed by atoms with Gasteiger partial charge in [0.25, 0.3) is 5.69 Å². The lowest BCUT2D eigenvalue weighted by Gasteiger charge is -2.30. The SMILES string of the molecule is COc1ccc(Br)cc1C1NC(Cc2ccc([N+](=O)[O-])cc2)(C(=O)O)C2C(=O)NC(=O)C12. The molecule has 2 aliphatic heterocycles. The van der Waals surface area contributed by atoms with Crippen molar-refractivity contribution in [3.8, 4) is 5.75 Å². The standard InChI is InChI=1S/C21H18BrN3O7/c1-32-14-7-4-11(22)8-13(14)17-15-16(19(27)23-18(15)26)21(24-17,20(28)29)9-10-2-5-12(6-3-10)25(30)31/h2-8,15-17,24H,9H2,1H3,(H,28,29)(H,23,26,27). The van der Waals surface area contributed by atoms with Crippen LogP contribution in [0.25, 0.3) is 0 Å². The molecule has 2 aliphatic rings. The lowest BCUT2D eigenvalue weighted by molar-refractivity contribution is -0.384. The maximum Gasteiger partial charge on any atom is 0.325 e. The fourth-order valence-electron chi connectivity index (χ4n) is 4.64. The minimum absolute atomic E-state index is 0.138. The summed E-state index contributed by atoms with van der Waals surface area (Å²) < 4.78 is 6.11. The Hall–Kier alpha value is -3.31. The van der Waals surface area contributed by atoms with Crippen molar-refractivity contribution in [3.63, 3.8) is 0 Å². The third-order valence-electron chi connectivity index (χ3n) is 6.03. The van der Waals surface area contributed by atoms with Crippen molar-refractivity contribution in [1.29, 1.82) is 0 Å². The number of benzene rings is 2. The molecular formula is C21H18BrN3O7. The van der Waals surface area contributed by atoms with Crippen molar-refractivity contribution in [3.05, 3.63) is 68.2 Å². The maximum absolute atomic E-state index is 12.8. The monoisotopic (exact) mass is 503 g/mol. The van der Waals surface area contributed by atoms with Gasteiger partial charge >= 0.3 is 5.97 Å². The highest BCUT2D eigenvalue weighted by Gasteiger charge is 2.66. The number of nitro benzene ring substituents is 1. The molecule has 32 heavy (non-hydrogen) atoms. The molecule has 2 amide bonds. The fourth-order valence-corrected chi connectivity index (χ4v) is 5.02. The van der Waals surface area contributed by atoms with E-state index in [0.29, 0.717) is 21.3 Å². The fraction of sp³-hybridized carbons (Fsp3) is 0.286. The number of non-ortho nitro benzene ring substituents is 1. The van der Waals surface area contributed by atoms with Gasteiger partial charge < -0.3 is 9.84 Å². The van der Waals surface area contributed by atoms with Crippen molar-refractivity contribution in [2.75, 3.05) is 7.11 Å². The van der Waals surface area contributed by atoms with E-state index in [1.165, 1.54) is 31.4 Å². The third-order valence-corrected chi connectivity index (χ3v) is 6.53. The summed E-state index contributed by atoms with van der Waals surface area (Å²) in [6.45, 7) is 0. The van der Waals surface area contributed by atoms with Crippen LogP contribution in [0.15, 0.2) is 46.9 Å². The Morgan fingerprint density at radius 1 is 1.22 bits per heavy atom. The highest BCUT2D eigenvalue weighted by molar-refractivity contribution is 9.10. The number of carboxylic acids is 1. The normalized spacial score (nSPS) is 26.5. The molecule has 4 atom stereocenters. The minimum atomic E-state index is -1.81. The lowest BCUT2D eigenvalue weighted by Crippen LogP contribution is -2.57. The molecule has 2 aromatic rings. The number of ether oxygens (including phenoxy) is 1. The number of aliphatic carboxylic acids is 1. The second-order valence-corrected chi connectivity index (χ2v) is 8.66. The number of fused-ring (bicyclic) bond motifs is 1. The molecule has 2 saturated heterocycles. The van der Waals surface area contributed by atoms with Crippen LogP contribution >= 0.6 is 15.9 Å². The molecule has 0 spiro atoms. The van der Waals surface area contributed by atoms with Gasteiger partial charge in [0, 0.05) is 34.6 Å². The first-order valence-electron chi connectivity index (χ1n) is 9.60. The van der Waals surface area contributed by atoms with E-state index >= 15 is 0 Å². The Kier molecular flexibility index (Phi) is 5.47. The largest absolute Gasteiger partial charge is 0.496 e. The summed E-state index contributed by atoms with van der Waals surface area (Å²) in [7, 11) is 1.46. The number of rotatable bonds is 6. The van der Waals surface area contributed by atoms with E-state index in [0.717, 1.165) is 0 Å². The summed E-state index contributed by atoms with van der Waals surface area (Å²) in [5.41, 5.74) is -0.942. The number of halogens is 1. The van der Waals surface area contributed by atoms with Crippen LogP contribution in [0.4, 0.5) is 5.69 Å². The summed E-state index contributed by atoms with van der Waals surface area (Å²) >= 11 is 3.38. The average Bonchev–Trinajstić information content (AvgIpc) is 3.25. The molecule has 0 aromatic heterocycles. The zero-order valence-electron chi connectivity index (χ0n) is 16.7. The molecule has 0 bridgehead atoms. The van der Waals surface area contributed by atoms with Gasteiger partial charge in [-0.05, 0) is 23.8 Å². The van der Waals surface area contributed by atoms with Gasteiger partial charge in [-0.25, -0.2) is 0 Å². The third kappa shape index (κ3) is 3.43. The van der Waals surface area contributed by atoms with Gasteiger partial charge in [-0.3, -0.25) is 35.1 Å². The molecule has 0 aliphatic carbocycles. The molecule has 10 nitrogen and oxygen atoms in total. The van der Waals surface area contributed by atoms with E-state index in [9.17, 15) is 29.6 Å². The molecule has 2 fully saturated rings. The summed E-state index contributed by atoms with van der Waals surface area (Å²) in [6.07, 6.45) is -0.158. The lowest BCUT2D eigenvalue weighted by atomic mass is 9.76. The predicted molar refractivity (Wildman–Crippen MR) is 114 cm³/mol. The van der Waals surface area contributed by atoms with Crippen molar-refractivity contribution in [2.24, 2.45) is 11.8 Å².